The highest BCUT2D eigenvalue weighted by atomic mass is 79.9. The zero-order valence-corrected chi connectivity index (χ0v) is 14.7. The van der Waals surface area contributed by atoms with Gasteiger partial charge in [0.15, 0.2) is 0 Å². The molecule has 2 aromatic rings. The van der Waals surface area contributed by atoms with Crippen LogP contribution in [0.5, 0.6) is 0 Å². The second-order valence-corrected chi connectivity index (χ2v) is 7.64. The molecule has 0 fully saturated rings. The third-order valence-electron chi connectivity index (χ3n) is 2.55. The van der Waals surface area contributed by atoms with Crippen LogP contribution in [0.25, 0.3) is 0 Å². The van der Waals surface area contributed by atoms with Gasteiger partial charge >= 0.3 is 0 Å². The highest BCUT2D eigenvalue weighted by Gasteiger charge is 2.17. The first kappa shape index (κ1) is 17.2. The lowest BCUT2D eigenvalue weighted by molar-refractivity contribution is 0.0945. The van der Waals surface area contributed by atoms with Crippen molar-refractivity contribution in [2.45, 2.75) is 4.90 Å². The van der Waals surface area contributed by atoms with E-state index in [1.54, 1.807) is 24.3 Å². The summed E-state index contributed by atoms with van der Waals surface area (Å²) in [5, 5.41) is 0.347. The van der Waals surface area contributed by atoms with E-state index < -0.39 is 15.9 Å². The number of halogens is 3. The Kier molecular flexibility index (Phi) is 5.46. The van der Waals surface area contributed by atoms with Crippen LogP contribution in [0.3, 0.4) is 0 Å². The number of hydrogen-bond acceptors (Lipinski definition) is 3. The van der Waals surface area contributed by atoms with E-state index in [4.69, 9.17) is 23.2 Å². The zero-order valence-electron chi connectivity index (χ0n) is 10.8. The quantitative estimate of drug-likeness (QED) is 0.740. The van der Waals surface area contributed by atoms with E-state index in [0.29, 0.717) is 5.56 Å². The fraction of sp³-hybridized carbons (Fsp3) is 0. The Morgan fingerprint density at radius 1 is 1.00 bits per heavy atom. The first-order valence-electron chi connectivity index (χ1n) is 5.82. The molecule has 0 spiro atoms. The van der Waals surface area contributed by atoms with E-state index >= 15 is 0 Å². The number of benzene rings is 2. The van der Waals surface area contributed by atoms with Crippen molar-refractivity contribution in [2.75, 3.05) is 0 Å². The lowest BCUT2D eigenvalue weighted by Crippen LogP contribution is -2.41. The maximum atomic E-state index is 12.1. The first-order chi connectivity index (χ1) is 10.3. The predicted octanol–water partition coefficient (Wildman–Crippen LogP) is 3.38. The van der Waals surface area contributed by atoms with Crippen LogP contribution in [-0.2, 0) is 10.0 Å². The predicted molar refractivity (Wildman–Crippen MR) is 88.4 cm³/mol. The average Bonchev–Trinajstić information content (AvgIpc) is 2.44. The number of carbonyl (C=O) groups excluding carboxylic acids is 1. The smallest absolute Gasteiger partial charge is 0.266 e. The zero-order chi connectivity index (χ0) is 16.3. The minimum Gasteiger partial charge on any atom is -0.273 e. The normalized spacial score (nSPS) is 11.2. The molecule has 0 aliphatic rings. The molecule has 2 aromatic carbocycles. The van der Waals surface area contributed by atoms with Gasteiger partial charge in [0, 0.05) is 20.1 Å². The molecule has 0 heterocycles. The lowest BCUT2D eigenvalue weighted by atomic mass is 10.2. The van der Waals surface area contributed by atoms with Gasteiger partial charge in [-0.25, -0.2) is 8.42 Å². The molecule has 22 heavy (non-hydrogen) atoms. The molecular weight excluding hydrogens is 415 g/mol. The number of hydrazine groups is 1. The van der Waals surface area contributed by atoms with Crippen LogP contribution in [0.2, 0.25) is 10.0 Å². The van der Waals surface area contributed by atoms with Crippen LogP contribution in [0.15, 0.2) is 51.8 Å². The molecule has 0 atom stereocenters. The molecule has 0 aliphatic heterocycles. The fourth-order valence-corrected chi connectivity index (χ4v) is 3.36. The highest BCUT2D eigenvalue weighted by molar-refractivity contribution is 9.10. The number of amides is 1. The second kappa shape index (κ2) is 6.97. The summed E-state index contributed by atoms with van der Waals surface area (Å²) in [7, 11) is -3.98. The number of sulfonamides is 1. The topological polar surface area (TPSA) is 75.3 Å². The molecule has 0 bridgehead atoms. The van der Waals surface area contributed by atoms with Gasteiger partial charge in [-0.1, -0.05) is 39.1 Å². The Morgan fingerprint density at radius 2 is 1.55 bits per heavy atom. The van der Waals surface area contributed by atoms with Crippen molar-refractivity contribution in [3.63, 3.8) is 0 Å². The molecule has 0 unspecified atom stereocenters. The van der Waals surface area contributed by atoms with Gasteiger partial charge in [0.2, 0.25) is 0 Å². The van der Waals surface area contributed by atoms with Gasteiger partial charge in [-0.05, 0) is 42.5 Å². The van der Waals surface area contributed by atoms with Gasteiger partial charge in [0.05, 0.1) is 4.90 Å². The standard InChI is InChI=1S/C13H9BrCl2N2O3S/c14-9-3-1-8(2-4-9)13(19)17-18-22(20,21)12-6-10(15)5-11(16)7-12/h1-7,18H,(H,17,19). The van der Waals surface area contributed by atoms with Gasteiger partial charge in [-0.15, -0.1) is 4.83 Å². The molecule has 5 nitrogen and oxygen atoms in total. The SMILES string of the molecule is O=C(NNS(=O)(=O)c1cc(Cl)cc(Cl)c1)c1ccc(Br)cc1. The largest absolute Gasteiger partial charge is 0.273 e. The van der Waals surface area contributed by atoms with Crippen molar-refractivity contribution in [1.82, 2.24) is 10.3 Å². The fourth-order valence-electron chi connectivity index (χ4n) is 1.53. The summed E-state index contributed by atoms with van der Waals surface area (Å²) in [6.45, 7) is 0. The first-order valence-corrected chi connectivity index (χ1v) is 8.85. The molecule has 116 valence electrons. The van der Waals surface area contributed by atoms with E-state index in [2.05, 4.69) is 21.4 Å². The van der Waals surface area contributed by atoms with Crippen LogP contribution in [0.1, 0.15) is 10.4 Å². The summed E-state index contributed by atoms with van der Waals surface area (Å²) >= 11 is 14.8. The summed E-state index contributed by atoms with van der Waals surface area (Å²) < 4.78 is 25.0. The van der Waals surface area contributed by atoms with Gasteiger partial charge in [-0.3, -0.25) is 10.2 Å². The molecular formula is C13H9BrCl2N2O3S. The van der Waals surface area contributed by atoms with Gasteiger partial charge in [-0.2, -0.15) is 0 Å². The Balaban J connectivity index is 2.12. The van der Waals surface area contributed by atoms with Gasteiger partial charge in [0.25, 0.3) is 15.9 Å². The second-order valence-electron chi connectivity index (χ2n) is 4.17. The number of carbonyl (C=O) groups is 1. The van der Waals surface area contributed by atoms with Crippen molar-refractivity contribution < 1.29 is 13.2 Å². The summed E-state index contributed by atoms with van der Waals surface area (Å²) in [6.07, 6.45) is 0. The van der Waals surface area contributed by atoms with Crippen molar-refractivity contribution in [3.05, 3.63) is 62.5 Å². The monoisotopic (exact) mass is 422 g/mol. The van der Waals surface area contributed by atoms with Crippen molar-refractivity contribution in [1.29, 1.82) is 0 Å². The Morgan fingerprint density at radius 3 is 2.09 bits per heavy atom. The van der Waals surface area contributed by atoms with Crippen molar-refractivity contribution in [2.24, 2.45) is 0 Å². The van der Waals surface area contributed by atoms with E-state index in [9.17, 15) is 13.2 Å². The summed E-state index contributed by atoms with van der Waals surface area (Å²) in [5.74, 6) is -0.593. The van der Waals surface area contributed by atoms with Crippen molar-refractivity contribution >= 4 is 55.1 Å². The van der Waals surface area contributed by atoms with Gasteiger partial charge < -0.3 is 0 Å². The molecule has 0 aliphatic carbocycles. The lowest BCUT2D eigenvalue weighted by Gasteiger charge is -2.09. The van der Waals surface area contributed by atoms with E-state index in [0.717, 1.165) is 4.47 Å². The molecule has 0 radical (unpaired) electrons. The molecule has 0 saturated heterocycles. The maximum absolute atomic E-state index is 12.1. The van der Waals surface area contributed by atoms with Crippen LogP contribution < -0.4 is 10.3 Å². The molecule has 2 rings (SSSR count). The molecule has 0 saturated carbocycles. The van der Waals surface area contributed by atoms with Crippen LogP contribution in [0.4, 0.5) is 0 Å². The third kappa shape index (κ3) is 4.44. The third-order valence-corrected chi connectivity index (χ3v) is 4.74. The van der Waals surface area contributed by atoms with Gasteiger partial charge in [0.1, 0.15) is 0 Å². The number of rotatable bonds is 4. The average molecular weight is 424 g/mol. The van der Waals surface area contributed by atoms with E-state index in [1.165, 1.54) is 18.2 Å². The van der Waals surface area contributed by atoms with E-state index in [-0.39, 0.29) is 14.9 Å². The summed E-state index contributed by atoms with van der Waals surface area (Å²) in [5.41, 5.74) is 2.42. The van der Waals surface area contributed by atoms with Crippen LogP contribution in [-0.4, -0.2) is 14.3 Å². The molecule has 1 amide bonds. The van der Waals surface area contributed by atoms with Crippen LogP contribution in [0, 0.1) is 0 Å². The Bertz CT molecular complexity index is 790. The highest BCUT2D eigenvalue weighted by Crippen LogP contribution is 2.21. The summed E-state index contributed by atoms with van der Waals surface area (Å²) in [4.78, 5) is 13.7. The van der Waals surface area contributed by atoms with E-state index in [1.807, 2.05) is 4.83 Å². The molecule has 2 N–H and O–H groups in total. The Labute approximate surface area is 145 Å². The number of nitrogens with one attached hydrogen (secondary N) is 2. The minimum atomic E-state index is -3.98. The van der Waals surface area contributed by atoms with Crippen molar-refractivity contribution in [3.8, 4) is 0 Å². The maximum Gasteiger partial charge on any atom is 0.266 e. The molecule has 0 aromatic heterocycles. The minimum absolute atomic E-state index is 0.152. The Hall–Kier alpha value is -1.12. The molecule has 9 heteroatoms. The van der Waals surface area contributed by atoms with Crippen LogP contribution >= 0.6 is 39.1 Å². The number of hydrogen-bond donors (Lipinski definition) is 2. The summed E-state index contributed by atoms with van der Waals surface area (Å²) in [6, 6.07) is 10.3.